The standard InChI is InChI=1S/C23H19ClF6N2O3S2/c1-32-9-8-14(12-32)35-19-10-13(6-7-17(19)23(28,29)30)31-37(33,34)20-11-18(24)21(36-20)15-4-2-3-5-16(15)22(25,26)27/h2-7,10-11,14,31H,8-9,12H2,1H3/t14-/m1/s1. The largest absolute Gasteiger partial charge is 0.488 e. The minimum Gasteiger partial charge on any atom is -0.488 e. The molecule has 1 fully saturated rings. The number of sulfonamides is 1. The number of likely N-dealkylation sites (N-methyl/N-ethyl adjacent to an activating group) is 1. The van der Waals surface area contributed by atoms with E-state index in [-0.39, 0.29) is 21.2 Å². The summed E-state index contributed by atoms with van der Waals surface area (Å²) in [4.78, 5) is 1.77. The molecule has 0 saturated carbocycles. The molecule has 4 rings (SSSR count). The van der Waals surface area contributed by atoms with Crippen molar-refractivity contribution in [3.05, 3.63) is 64.7 Å². The highest BCUT2D eigenvalue weighted by Crippen LogP contribution is 2.45. The van der Waals surface area contributed by atoms with E-state index in [9.17, 15) is 34.8 Å². The minimum atomic E-state index is -4.74. The first-order valence-electron chi connectivity index (χ1n) is 10.7. The summed E-state index contributed by atoms with van der Waals surface area (Å²) >= 11 is 6.62. The van der Waals surface area contributed by atoms with Crippen molar-refractivity contribution in [2.75, 3.05) is 24.9 Å². The molecule has 2 aromatic carbocycles. The lowest BCUT2D eigenvalue weighted by atomic mass is 10.1. The Balaban J connectivity index is 1.66. The summed E-state index contributed by atoms with van der Waals surface area (Å²) in [5, 5.41) is -0.219. The molecule has 0 aliphatic carbocycles. The van der Waals surface area contributed by atoms with Crippen LogP contribution in [0.25, 0.3) is 10.4 Å². The van der Waals surface area contributed by atoms with Gasteiger partial charge in [-0.05, 0) is 37.7 Å². The van der Waals surface area contributed by atoms with Gasteiger partial charge in [-0.1, -0.05) is 29.8 Å². The summed E-state index contributed by atoms with van der Waals surface area (Å²) in [6.45, 7) is 1.04. The van der Waals surface area contributed by atoms with Crippen LogP contribution in [0, 0.1) is 0 Å². The number of hydrogen-bond donors (Lipinski definition) is 1. The molecule has 1 aliphatic heterocycles. The number of alkyl halides is 6. The molecule has 1 atom stereocenters. The fourth-order valence-electron chi connectivity index (χ4n) is 3.89. The number of rotatable bonds is 6. The lowest BCUT2D eigenvalue weighted by molar-refractivity contribution is -0.139. The number of nitrogens with zero attached hydrogens (tertiary/aromatic N) is 1. The van der Waals surface area contributed by atoms with Crippen LogP contribution in [0.4, 0.5) is 32.0 Å². The van der Waals surface area contributed by atoms with E-state index in [4.69, 9.17) is 16.3 Å². The molecule has 0 amide bonds. The van der Waals surface area contributed by atoms with Crippen LogP contribution in [0.15, 0.2) is 52.7 Å². The Labute approximate surface area is 217 Å². The molecule has 1 N–H and O–H groups in total. The van der Waals surface area contributed by atoms with Crippen molar-refractivity contribution in [3.63, 3.8) is 0 Å². The molecule has 200 valence electrons. The highest BCUT2D eigenvalue weighted by Gasteiger charge is 2.37. The zero-order valence-electron chi connectivity index (χ0n) is 19.0. The number of benzene rings is 2. The molecule has 2 heterocycles. The third-order valence-electron chi connectivity index (χ3n) is 5.59. The molecule has 3 aromatic rings. The molecule has 37 heavy (non-hydrogen) atoms. The van der Waals surface area contributed by atoms with Crippen molar-refractivity contribution in [3.8, 4) is 16.2 Å². The molecule has 0 spiro atoms. The fourth-order valence-corrected chi connectivity index (χ4v) is 6.79. The highest BCUT2D eigenvalue weighted by molar-refractivity contribution is 7.94. The molecule has 1 saturated heterocycles. The van der Waals surface area contributed by atoms with Gasteiger partial charge in [-0.3, -0.25) is 4.72 Å². The lowest BCUT2D eigenvalue weighted by Crippen LogP contribution is -2.23. The van der Waals surface area contributed by atoms with Crippen LogP contribution < -0.4 is 9.46 Å². The Hall–Kier alpha value is -2.48. The van der Waals surface area contributed by atoms with E-state index in [2.05, 4.69) is 4.72 Å². The molecule has 1 aliphatic rings. The quantitative estimate of drug-likeness (QED) is 0.317. The van der Waals surface area contributed by atoms with E-state index < -0.39 is 49.6 Å². The molecule has 0 unspecified atom stereocenters. The Kier molecular flexibility index (Phi) is 7.45. The van der Waals surface area contributed by atoms with Crippen molar-refractivity contribution in [2.24, 2.45) is 0 Å². The predicted molar refractivity (Wildman–Crippen MR) is 129 cm³/mol. The second-order valence-electron chi connectivity index (χ2n) is 8.39. The van der Waals surface area contributed by atoms with Crippen molar-refractivity contribution in [1.82, 2.24) is 4.90 Å². The van der Waals surface area contributed by atoms with Gasteiger partial charge in [0.25, 0.3) is 10.0 Å². The van der Waals surface area contributed by atoms with Gasteiger partial charge in [0.1, 0.15) is 16.1 Å². The van der Waals surface area contributed by atoms with Gasteiger partial charge >= 0.3 is 12.4 Å². The highest BCUT2D eigenvalue weighted by atomic mass is 35.5. The number of thiophene rings is 1. The van der Waals surface area contributed by atoms with E-state index >= 15 is 0 Å². The van der Waals surface area contributed by atoms with E-state index in [1.165, 1.54) is 18.2 Å². The zero-order valence-corrected chi connectivity index (χ0v) is 21.3. The number of halogens is 7. The second kappa shape index (κ2) is 10.0. The second-order valence-corrected chi connectivity index (χ2v) is 11.8. The Morgan fingerprint density at radius 2 is 1.70 bits per heavy atom. The average Bonchev–Trinajstić information content (AvgIpc) is 3.37. The van der Waals surface area contributed by atoms with Crippen molar-refractivity contribution >= 4 is 38.6 Å². The predicted octanol–water partition coefficient (Wildman–Crippen LogP) is 6.99. The number of nitrogens with one attached hydrogen (secondary N) is 1. The minimum absolute atomic E-state index is 0.114. The Bertz CT molecular complexity index is 1410. The van der Waals surface area contributed by atoms with Crippen LogP contribution in [0.1, 0.15) is 17.5 Å². The molecular formula is C23H19ClF6N2O3S2. The van der Waals surface area contributed by atoms with Gasteiger partial charge in [-0.25, -0.2) is 8.42 Å². The van der Waals surface area contributed by atoms with Gasteiger partial charge in [0.05, 0.1) is 26.7 Å². The number of ether oxygens (including phenoxy) is 1. The van der Waals surface area contributed by atoms with Gasteiger partial charge in [0, 0.05) is 24.7 Å². The third kappa shape index (κ3) is 6.16. The molecular weight excluding hydrogens is 566 g/mol. The first-order chi connectivity index (χ1) is 17.1. The Morgan fingerprint density at radius 1 is 1.03 bits per heavy atom. The summed E-state index contributed by atoms with van der Waals surface area (Å²) in [7, 11) is -2.62. The average molecular weight is 585 g/mol. The number of anilines is 1. The SMILES string of the molecule is CN1CC[C@@H](Oc2cc(NS(=O)(=O)c3cc(Cl)c(-c4ccccc4C(F)(F)F)s3)ccc2C(F)(F)F)C1. The van der Waals surface area contributed by atoms with Crippen molar-refractivity contribution in [1.29, 1.82) is 0 Å². The van der Waals surface area contributed by atoms with Crippen molar-refractivity contribution < 1.29 is 39.5 Å². The molecule has 5 nitrogen and oxygen atoms in total. The fraction of sp³-hybridized carbons (Fsp3) is 0.304. The molecule has 1 aromatic heterocycles. The summed E-state index contributed by atoms with van der Waals surface area (Å²) in [5.74, 6) is -0.531. The van der Waals surface area contributed by atoms with Crippen LogP contribution >= 0.6 is 22.9 Å². The lowest BCUT2D eigenvalue weighted by Gasteiger charge is -2.19. The summed E-state index contributed by atoms with van der Waals surface area (Å²) in [5.41, 5.74) is -2.55. The van der Waals surface area contributed by atoms with Crippen LogP contribution in [0.3, 0.4) is 0 Å². The van der Waals surface area contributed by atoms with E-state index in [0.29, 0.717) is 36.9 Å². The molecule has 14 heteroatoms. The van der Waals surface area contributed by atoms with Crippen LogP contribution in [-0.4, -0.2) is 39.6 Å². The normalized spacial score (nSPS) is 17.2. The van der Waals surface area contributed by atoms with E-state index in [1.54, 1.807) is 7.05 Å². The van der Waals surface area contributed by atoms with Gasteiger partial charge in [-0.2, -0.15) is 26.3 Å². The van der Waals surface area contributed by atoms with Crippen molar-refractivity contribution in [2.45, 2.75) is 29.1 Å². The van der Waals surface area contributed by atoms with Crippen LogP contribution in [0.5, 0.6) is 5.75 Å². The van der Waals surface area contributed by atoms with E-state index in [0.717, 1.165) is 24.3 Å². The maximum Gasteiger partial charge on any atom is 0.419 e. The van der Waals surface area contributed by atoms with Gasteiger partial charge in [0.15, 0.2) is 0 Å². The Morgan fingerprint density at radius 3 is 2.32 bits per heavy atom. The van der Waals surface area contributed by atoms with Crippen LogP contribution in [-0.2, 0) is 22.4 Å². The number of likely N-dealkylation sites (tertiary alicyclic amines) is 1. The number of hydrogen-bond acceptors (Lipinski definition) is 5. The van der Waals surface area contributed by atoms with Gasteiger partial charge in [-0.15, -0.1) is 11.3 Å². The monoisotopic (exact) mass is 584 g/mol. The summed E-state index contributed by atoms with van der Waals surface area (Å²) in [6, 6.07) is 8.15. The topological polar surface area (TPSA) is 58.6 Å². The van der Waals surface area contributed by atoms with Crippen LogP contribution in [0.2, 0.25) is 5.02 Å². The summed E-state index contributed by atoms with van der Waals surface area (Å²) in [6.07, 6.45) is -9.45. The van der Waals surface area contributed by atoms with Gasteiger partial charge < -0.3 is 9.64 Å². The zero-order chi connectivity index (χ0) is 27.2. The maximum atomic E-state index is 13.5. The first kappa shape index (κ1) is 27.6. The molecule has 0 radical (unpaired) electrons. The maximum absolute atomic E-state index is 13.5. The van der Waals surface area contributed by atoms with E-state index in [1.807, 2.05) is 4.90 Å². The summed E-state index contributed by atoms with van der Waals surface area (Å²) < 4.78 is 114. The molecule has 0 bridgehead atoms. The third-order valence-corrected chi connectivity index (χ3v) is 9.02. The van der Waals surface area contributed by atoms with Gasteiger partial charge in [0.2, 0.25) is 0 Å². The smallest absolute Gasteiger partial charge is 0.419 e. The first-order valence-corrected chi connectivity index (χ1v) is 13.4.